The number of allylic oxidation sites excluding steroid dienone is 4. The lowest BCUT2D eigenvalue weighted by atomic mass is 9.71. The van der Waals surface area contributed by atoms with Crippen LogP contribution in [0.4, 0.5) is 0 Å². The average Bonchev–Trinajstić information content (AvgIpc) is 2.90. The molecule has 0 saturated carbocycles. The Morgan fingerprint density at radius 1 is 0.865 bits per heavy atom. The average molecular weight is 612 g/mol. The van der Waals surface area contributed by atoms with Crippen molar-refractivity contribution in [3.63, 3.8) is 0 Å². The monoisotopic (exact) mass is 611 g/mol. The molecule has 37 heavy (non-hydrogen) atoms. The molecule has 0 fully saturated rings. The topological polar surface area (TPSA) is 55.8 Å². The standard InChI is InChI=1S/C31H34INO4/c1-3-36-27-19-21(18-22(32)31(27)37-4-2)28-29-23(12-8-14-25(29)34)33(17-16-20-10-6-5-7-11-20)24-13-9-15-26(35)30(24)28/h5-7,10-11,18-19,28H,3-4,8-9,12-17H2,1-2H3. The van der Waals surface area contributed by atoms with E-state index >= 15 is 0 Å². The summed E-state index contributed by atoms with van der Waals surface area (Å²) in [6.45, 7) is 5.74. The molecule has 0 bridgehead atoms. The number of hydrogen-bond acceptors (Lipinski definition) is 5. The van der Waals surface area contributed by atoms with Gasteiger partial charge in [-0.2, -0.15) is 0 Å². The summed E-state index contributed by atoms with van der Waals surface area (Å²) < 4.78 is 12.8. The predicted molar refractivity (Wildman–Crippen MR) is 153 cm³/mol. The van der Waals surface area contributed by atoms with Gasteiger partial charge in [0.15, 0.2) is 23.1 Å². The molecular formula is C31H34INO4. The van der Waals surface area contributed by atoms with Crippen LogP contribution in [0.3, 0.4) is 0 Å². The molecule has 5 rings (SSSR count). The molecule has 0 atom stereocenters. The molecule has 0 unspecified atom stereocenters. The SMILES string of the molecule is CCOc1cc(C2C3=C(CCCC3=O)N(CCc3ccccc3)C3=C2C(=O)CCC3)cc(I)c1OCC. The van der Waals surface area contributed by atoms with Crippen LogP contribution in [0.15, 0.2) is 65.0 Å². The van der Waals surface area contributed by atoms with E-state index in [9.17, 15) is 9.59 Å². The summed E-state index contributed by atoms with van der Waals surface area (Å²) in [6, 6.07) is 14.5. The number of Topliss-reactive ketones (excluding diaryl/α,β-unsaturated/α-hetero) is 2. The highest BCUT2D eigenvalue weighted by Crippen LogP contribution is 2.50. The summed E-state index contributed by atoms with van der Waals surface area (Å²) in [7, 11) is 0. The molecule has 0 spiro atoms. The lowest BCUT2D eigenvalue weighted by Gasteiger charge is -2.44. The Bertz CT molecular complexity index is 1220. The van der Waals surface area contributed by atoms with Gasteiger partial charge in [0.25, 0.3) is 0 Å². The summed E-state index contributed by atoms with van der Waals surface area (Å²) in [6.07, 6.45) is 5.38. The van der Waals surface area contributed by atoms with Crippen molar-refractivity contribution < 1.29 is 19.1 Å². The highest BCUT2D eigenvalue weighted by atomic mass is 127. The van der Waals surface area contributed by atoms with E-state index in [1.807, 2.05) is 26.0 Å². The van der Waals surface area contributed by atoms with E-state index in [2.05, 4.69) is 57.8 Å². The second kappa shape index (κ2) is 11.4. The third-order valence-corrected chi connectivity index (χ3v) is 8.31. The summed E-state index contributed by atoms with van der Waals surface area (Å²) in [5, 5.41) is 0. The van der Waals surface area contributed by atoms with Gasteiger partial charge in [0, 0.05) is 47.8 Å². The molecule has 0 saturated heterocycles. The Labute approximate surface area is 233 Å². The van der Waals surface area contributed by atoms with E-state index in [1.54, 1.807) is 0 Å². The van der Waals surface area contributed by atoms with Gasteiger partial charge in [-0.25, -0.2) is 0 Å². The Balaban J connectivity index is 1.65. The molecule has 0 amide bonds. The van der Waals surface area contributed by atoms with Gasteiger partial charge in [0.2, 0.25) is 0 Å². The third kappa shape index (κ3) is 5.09. The van der Waals surface area contributed by atoms with Crippen molar-refractivity contribution in [2.45, 2.75) is 64.7 Å². The highest BCUT2D eigenvalue weighted by Gasteiger charge is 2.43. The molecule has 1 aliphatic heterocycles. The van der Waals surface area contributed by atoms with Gasteiger partial charge in [0.05, 0.1) is 16.8 Å². The van der Waals surface area contributed by atoms with Crippen molar-refractivity contribution in [2.75, 3.05) is 19.8 Å². The van der Waals surface area contributed by atoms with Crippen LogP contribution < -0.4 is 9.47 Å². The fourth-order valence-electron chi connectivity index (χ4n) is 6.01. The Hall–Kier alpha value is -2.61. The first-order chi connectivity index (χ1) is 18.0. The number of benzene rings is 2. The van der Waals surface area contributed by atoms with E-state index in [1.165, 1.54) is 5.56 Å². The fourth-order valence-corrected chi connectivity index (χ4v) is 6.79. The summed E-state index contributed by atoms with van der Waals surface area (Å²) in [5.74, 6) is 1.39. The Morgan fingerprint density at radius 3 is 2.08 bits per heavy atom. The molecule has 194 valence electrons. The number of rotatable bonds is 8. The van der Waals surface area contributed by atoms with Gasteiger partial charge >= 0.3 is 0 Å². The second-order valence-corrected chi connectivity index (χ2v) is 11.0. The normalized spacial score (nSPS) is 18.2. The molecule has 2 aromatic rings. The van der Waals surface area contributed by atoms with Gasteiger partial charge < -0.3 is 14.4 Å². The van der Waals surface area contributed by atoms with Crippen molar-refractivity contribution in [3.05, 3.63) is 79.7 Å². The van der Waals surface area contributed by atoms with Crippen LogP contribution >= 0.6 is 22.6 Å². The van der Waals surface area contributed by atoms with Gasteiger partial charge in [-0.05, 0) is 91.8 Å². The van der Waals surface area contributed by atoms with Crippen molar-refractivity contribution in [3.8, 4) is 11.5 Å². The predicted octanol–water partition coefficient (Wildman–Crippen LogP) is 6.74. The molecule has 6 heteroatoms. The fraction of sp³-hybridized carbons (Fsp3) is 0.419. The summed E-state index contributed by atoms with van der Waals surface area (Å²) in [5.41, 5.74) is 6.08. The minimum Gasteiger partial charge on any atom is -0.490 e. The molecule has 2 aromatic carbocycles. The first-order valence-electron chi connectivity index (χ1n) is 13.5. The molecule has 2 aliphatic carbocycles. The van der Waals surface area contributed by atoms with E-state index in [0.29, 0.717) is 31.8 Å². The number of nitrogens with zero attached hydrogens (tertiary/aromatic N) is 1. The number of ketones is 2. The molecule has 1 heterocycles. The molecular weight excluding hydrogens is 577 g/mol. The zero-order valence-electron chi connectivity index (χ0n) is 21.6. The van der Waals surface area contributed by atoms with Crippen molar-refractivity contribution >= 4 is 34.2 Å². The maximum atomic E-state index is 13.6. The number of carbonyl (C=O) groups excluding carboxylic acids is 2. The van der Waals surface area contributed by atoms with Gasteiger partial charge in [-0.1, -0.05) is 30.3 Å². The number of carbonyl (C=O) groups is 2. The van der Waals surface area contributed by atoms with Crippen LogP contribution in [-0.2, 0) is 16.0 Å². The number of halogens is 1. The minimum absolute atomic E-state index is 0.169. The maximum Gasteiger partial charge on any atom is 0.174 e. The van der Waals surface area contributed by atoms with E-state index in [4.69, 9.17) is 9.47 Å². The van der Waals surface area contributed by atoms with Crippen LogP contribution in [0.1, 0.15) is 69.4 Å². The lowest BCUT2D eigenvalue weighted by Crippen LogP contribution is -2.40. The zero-order valence-corrected chi connectivity index (χ0v) is 23.8. The first-order valence-corrected chi connectivity index (χ1v) is 14.5. The smallest absolute Gasteiger partial charge is 0.174 e. The summed E-state index contributed by atoms with van der Waals surface area (Å²) >= 11 is 2.28. The second-order valence-electron chi connectivity index (χ2n) is 9.79. The number of ether oxygens (including phenoxy) is 2. The Morgan fingerprint density at radius 2 is 1.49 bits per heavy atom. The van der Waals surface area contributed by atoms with E-state index in [0.717, 1.165) is 76.1 Å². The molecule has 3 aliphatic rings. The minimum atomic E-state index is -0.345. The van der Waals surface area contributed by atoms with Crippen LogP contribution in [-0.4, -0.2) is 36.2 Å². The molecule has 5 nitrogen and oxygen atoms in total. The van der Waals surface area contributed by atoms with Crippen molar-refractivity contribution in [1.29, 1.82) is 0 Å². The lowest BCUT2D eigenvalue weighted by molar-refractivity contribution is -0.117. The van der Waals surface area contributed by atoms with Crippen LogP contribution in [0.5, 0.6) is 11.5 Å². The van der Waals surface area contributed by atoms with E-state index < -0.39 is 0 Å². The zero-order chi connectivity index (χ0) is 25.9. The maximum absolute atomic E-state index is 13.6. The highest BCUT2D eigenvalue weighted by molar-refractivity contribution is 14.1. The van der Waals surface area contributed by atoms with Crippen LogP contribution in [0.25, 0.3) is 0 Å². The van der Waals surface area contributed by atoms with Gasteiger partial charge in [0.1, 0.15) is 0 Å². The molecule has 0 N–H and O–H groups in total. The van der Waals surface area contributed by atoms with Crippen molar-refractivity contribution in [1.82, 2.24) is 4.90 Å². The Kier molecular flexibility index (Phi) is 8.03. The van der Waals surface area contributed by atoms with Gasteiger partial charge in [-0.3, -0.25) is 9.59 Å². The van der Waals surface area contributed by atoms with Gasteiger partial charge in [-0.15, -0.1) is 0 Å². The molecule has 0 aromatic heterocycles. The quantitative estimate of drug-likeness (QED) is 0.310. The summed E-state index contributed by atoms with van der Waals surface area (Å²) in [4.78, 5) is 29.5. The van der Waals surface area contributed by atoms with Crippen molar-refractivity contribution in [2.24, 2.45) is 0 Å². The first kappa shape index (κ1) is 26.0. The third-order valence-electron chi connectivity index (χ3n) is 7.51. The van der Waals surface area contributed by atoms with Crippen LogP contribution in [0.2, 0.25) is 0 Å². The molecule has 0 radical (unpaired) electrons. The number of hydrogen-bond donors (Lipinski definition) is 0. The van der Waals surface area contributed by atoms with Crippen LogP contribution in [0, 0.1) is 3.57 Å². The largest absolute Gasteiger partial charge is 0.490 e. The van der Waals surface area contributed by atoms with E-state index in [-0.39, 0.29) is 17.5 Å².